The van der Waals surface area contributed by atoms with Crippen LogP contribution in [0.15, 0.2) is 30.6 Å². The number of para-hydroxylation sites is 2. The van der Waals surface area contributed by atoms with Crippen molar-refractivity contribution in [2.45, 2.75) is 46.0 Å². The maximum Gasteiger partial charge on any atom is 0.0931 e. The van der Waals surface area contributed by atoms with Gasteiger partial charge in [-0.2, -0.15) is 0 Å². The van der Waals surface area contributed by atoms with Gasteiger partial charge in [0.1, 0.15) is 0 Å². The number of H-pyrrole nitrogens is 1. The standard InChI is InChI=1S/C7H6N2.C7H16/c1-2-4-7-6(3-1)8-5-9-7;1-3-5-7-6-4-2/h1-5H,(H,8,9);3-7H2,1-2H3. The largest absolute Gasteiger partial charge is 0.345 e. The van der Waals surface area contributed by atoms with E-state index in [1.807, 2.05) is 24.3 Å². The Balaban J connectivity index is 0.000000168. The summed E-state index contributed by atoms with van der Waals surface area (Å²) in [6.07, 6.45) is 8.71. The molecule has 0 spiro atoms. The molecule has 2 rings (SSSR count). The molecule has 88 valence electrons. The van der Waals surface area contributed by atoms with Crippen LogP contribution in [0.3, 0.4) is 0 Å². The van der Waals surface area contributed by atoms with Gasteiger partial charge < -0.3 is 4.98 Å². The third-order valence-corrected chi connectivity index (χ3v) is 2.53. The van der Waals surface area contributed by atoms with E-state index in [1.54, 1.807) is 6.33 Å². The van der Waals surface area contributed by atoms with Crippen molar-refractivity contribution in [1.29, 1.82) is 0 Å². The van der Waals surface area contributed by atoms with Gasteiger partial charge >= 0.3 is 0 Å². The summed E-state index contributed by atoms with van der Waals surface area (Å²) in [5.74, 6) is 0. The molecule has 1 heterocycles. The van der Waals surface area contributed by atoms with Crippen molar-refractivity contribution in [2.75, 3.05) is 0 Å². The number of aromatic nitrogens is 2. The van der Waals surface area contributed by atoms with Crippen LogP contribution >= 0.6 is 0 Å². The van der Waals surface area contributed by atoms with E-state index < -0.39 is 0 Å². The number of nitrogens with zero attached hydrogens (tertiary/aromatic N) is 1. The number of hydrogen-bond acceptors (Lipinski definition) is 1. The van der Waals surface area contributed by atoms with E-state index >= 15 is 0 Å². The molecular weight excluding hydrogens is 196 g/mol. The molecular formula is C14H22N2. The Kier molecular flexibility index (Phi) is 6.31. The van der Waals surface area contributed by atoms with Crippen molar-refractivity contribution in [1.82, 2.24) is 9.97 Å². The first-order valence-corrected chi connectivity index (χ1v) is 6.26. The molecule has 1 aromatic heterocycles. The Hall–Kier alpha value is -1.31. The molecule has 1 aromatic carbocycles. The van der Waals surface area contributed by atoms with Crippen molar-refractivity contribution >= 4 is 11.0 Å². The van der Waals surface area contributed by atoms with E-state index in [1.165, 1.54) is 32.1 Å². The van der Waals surface area contributed by atoms with Crippen molar-refractivity contribution in [2.24, 2.45) is 0 Å². The number of benzene rings is 1. The van der Waals surface area contributed by atoms with E-state index in [0.717, 1.165) is 11.0 Å². The Morgan fingerprint density at radius 2 is 1.69 bits per heavy atom. The van der Waals surface area contributed by atoms with Gasteiger partial charge in [-0.05, 0) is 12.1 Å². The highest BCUT2D eigenvalue weighted by Gasteiger charge is 1.88. The number of imidazole rings is 1. The third kappa shape index (κ3) is 4.47. The Bertz CT molecular complexity index is 345. The zero-order valence-corrected chi connectivity index (χ0v) is 10.4. The number of aromatic amines is 1. The fourth-order valence-electron chi connectivity index (χ4n) is 1.56. The summed E-state index contributed by atoms with van der Waals surface area (Å²) in [6, 6.07) is 7.94. The van der Waals surface area contributed by atoms with Crippen molar-refractivity contribution in [3.05, 3.63) is 30.6 Å². The quantitative estimate of drug-likeness (QED) is 0.750. The Labute approximate surface area is 98.1 Å². The first kappa shape index (κ1) is 12.8. The summed E-state index contributed by atoms with van der Waals surface area (Å²) in [6.45, 7) is 4.49. The summed E-state index contributed by atoms with van der Waals surface area (Å²) >= 11 is 0. The fourth-order valence-corrected chi connectivity index (χ4v) is 1.56. The highest BCUT2D eigenvalue weighted by atomic mass is 14.9. The number of fused-ring (bicyclic) bond motifs is 1. The molecule has 2 nitrogen and oxygen atoms in total. The molecule has 0 aliphatic heterocycles. The predicted octanol–water partition coefficient (Wildman–Crippen LogP) is 4.54. The lowest BCUT2D eigenvalue weighted by atomic mass is 10.2. The molecule has 0 aliphatic carbocycles. The van der Waals surface area contributed by atoms with Crippen LogP contribution in [-0.4, -0.2) is 9.97 Å². The molecule has 2 aromatic rings. The second kappa shape index (κ2) is 7.91. The van der Waals surface area contributed by atoms with Gasteiger partial charge in [0.25, 0.3) is 0 Å². The number of hydrogen-bond donors (Lipinski definition) is 1. The zero-order chi connectivity index (χ0) is 11.6. The fraction of sp³-hybridized carbons (Fsp3) is 0.500. The first-order valence-electron chi connectivity index (χ1n) is 6.26. The van der Waals surface area contributed by atoms with Gasteiger partial charge in [0.05, 0.1) is 17.4 Å². The van der Waals surface area contributed by atoms with Crippen LogP contribution in [0.4, 0.5) is 0 Å². The lowest BCUT2D eigenvalue weighted by molar-refractivity contribution is 0.656. The van der Waals surface area contributed by atoms with Gasteiger partial charge in [0.2, 0.25) is 0 Å². The highest BCUT2D eigenvalue weighted by molar-refractivity contribution is 5.73. The van der Waals surface area contributed by atoms with Gasteiger partial charge in [-0.25, -0.2) is 4.98 Å². The summed E-state index contributed by atoms with van der Waals surface area (Å²) in [4.78, 5) is 7.07. The monoisotopic (exact) mass is 218 g/mol. The molecule has 1 N–H and O–H groups in total. The van der Waals surface area contributed by atoms with Crippen LogP contribution in [0.5, 0.6) is 0 Å². The highest BCUT2D eigenvalue weighted by Crippen LogP contribution is 2.05. The predicted molar refractivity (Wildman–Crippen MR) is 70.5 cm³/mol. The van der Waals surface area contributed by atoms with E-state index in [9.17, 15) is 0 Å². The van der Waals surface area contributed by atoms with Gasteiger partial charge in [-0.3, -0.25) is 0 Å². The van der Waals surface area contributed by atoms with Crippen LogP contribution < -0.4 is 0 Å². The van der Waals surface area contributed by atoms with E-state index in [0.29, 0.717) is 0 Å². The van der Waals surface area contributed by atoms with Crippen LogP contribution in [0.25, 0.3) is 11.0 Å². The Morgan fingerprint density at radius 1 is 1.00 bits per heavy atom. The molecule has 0 saturated heterocycles. The molecule has 0 atom stereocenters. The molecule has 0 aliphatic rings. The smallest absolute Gasteiger partial charge is 0.0931 e. The topological polar surface area (TPSA) is 28.7 Å². The van der Waals surface area contributed by atoms with Gasteiger partial charge in [0.15, 0.2) is 0 Å². The molecule has 0 radical (unpaired) electrons. The van der Waals surface area contributed by atoms with E-state index in [-0.39, 0.29) is 0 Å². The van der Waals surface area contributed by atoms with Crippen LogP contribution in [-0.2, 0) is 0 Å². The maximum atomic E-state index is 4.06. The summed E-state index contributed by atoms with van der Waals surface area (Å²) in [7, 11) is 0. The first-order chi connectivity index (χ1) is 7.88. The summed E-state index contributed by atoms with van der Waals surface area (Å²) in [5, 5.41) is 0. The summed E-state index contributed by atoms with van der Waals surface area (Å²) < 4.78 is 0. The molecule has 0 fully saturated rings. The summed E-state index contributed by atoms with van der Waals surface area (Å²) in [5.41, 5.74) is 2.12. The van der Waals surface area contributed by atoms with Crippen LogP contribution in [0.2, 0.25) is 0 Å². The molecule has 0 saturated carbocycles. The lowest BCUT2D eigenvalue weighted by Gasteiger charge is -1.90. The average molecular weight is 218 g/mol. The number of unbranched alkanes of at least 4 members (excludes halogenated alkanes) is 4. The normalized spacial score (nSPS) is 9.88. The van der Waals surface area contributed by atoms with Crippen molar-refractivity contribution in [3.8, 4) is 0 Å². The van der Waals surface area contributed by atoms with E-state index in [4.69, 9.17) is 0 Å². The minimum Gasteiger partial charge on any atom is -0.345 e. The molecule has 2 heteroatoms. The minimum atomic E-state index is 1.03. The van der Waals surface area contributed by atoms with E-state index in [2.05, 4.69) is 23.8 Å². The van der Waals surface area contributed by atoms with Gasteiger partial charge in [0, 0.05) is 0 Å². The van der Waals surface area contributed by atoms with Crippen molar-refractivity contribution in [3.63, 3.8) is 0 Å². The molecule has 16 heavy (non-hydrogen) atoms. The minimum absolute atomic E-state index is 1.03. The lowest BCUT2D eigenvalue weighted by Crippen LogP contribution is -1.70. The molecule has 0 bridgehead atoms. The second-order valence-electron chi connectivity index (χ2n) is 3.98. The zero-order valence-electron chi connectivity index (χ0n) is 10.4. The van der Waals surface area contributed by atoms with Gasteiger partial charge in [-0.1, -0.05) is 58.1 Å². The van der Waals surface area contributed by atoms with Gasteiger partial charge in [-0.15, -0.1) is 0 Å². The third-order valence-electron chi connectivity index (χ3n) is 2.53. The Morgan fingerprint density at radius 3 is 2.31 bits per heavy atom. The SMILES string of the molecule is CCCCCCC.c1ccc2[nH]cnc2c1. The molecule has 0 unspecified atom stereocenters. The number of nitrogens with one attached hydrogen (secondary N) is 1. The maximum absolute atomic E-state index is 4.06. The number of rotatable bonds is 4. The van der Waals surface area contributed by atoms with Crippen LogP contribution in [0, 0.1) is 0 Å². The van der Waals surface area contributed by atoms with Crippen molar-refractivity contribution < 1.29 is 0 Å². The molecule has 0 amide bonds. The average Bonchev–Trinajstić information content (AvgIpc) is 2.78. The van der Waals surface area contributed by atoms with Crippen LogP contribution in [0.1, 0.15) is 46.0 Å². The second-order valence-corrected chi connectivity index (χ2v) is 3.98.